The lowest BCUT2D eigenvalue weighted by Gasteiger charge is -2.16. The molecular weight excluding hydrogens is 729 g/mol. The van der Waals surface area contributed by atoms with Crippen LogP contribution in [0, 0.1) is 0 Å². The van der Waals surface area contributed by atoms with Gasteiger partial charge in [-0.3, -0.25) is 9.59 Å². The molecule has 0 spiro atoms. The van der Waals surface area contributed by atoms with Gasteiger partial charge in [-0.25, -0.2) is 0 Å². The first kappa shape index (κ1) is 38.9. The van der Waals surface area contributed by atoms with Gasteiger partial charge in [-0.15, -0.1) is 0 Å². The number of benzene rings is 8. The zero-order chi connectivity index (χ0) is 40.9. The van der Waals surface area contributed by atoms with Crippen LogP contribution in [0.3, 0.4) is 0 Å². The third-order valence-electron chi connectivity index (χ3n) is 10.4. The average Bonchev–Trinajstić information content (AvgIpc) is 3.33. The summed E-state index contributed by atoms with van der Waals surface area (Å²) in [6.07, 6.45) is 7.66. The normalized spacial score (nSPS) is 12.2. The smallest absolute Gasteiger partial charge is 0.186 e. The van der Waals surface area contributed by atoms with Gasteiger partial charge in [0.2, 0.25) is 0 Å². The second kappa shape index (κ2) is 19.0. The second-order valence-electron chi connectivity index (χ2n) is 14.4. The maximum atomic E-state index is 14.3. The van der Waals surface area contributed by atoms with E-state index < -0.39 is 0 Å². The van der Waals surface area contributed by atoms with Gasteiger partial charge < -0.3 is 0 Å². The largest absolute Gasteiger partial charge is 0.289 e. The monoisotopic (exact) mass is 770 g/mol. The molecule has 8 aromatic rings. The van der Waals surface area contributed by atoms with E-state index in [9.17, 15) is 9.59 Å². The van der Waals surface area contributed by atoms with Gasteiger partial charge in [0.1, 0.15) is 0 Å². The maximum absolute atomic E-state index is 14.3. The lowest BCUT2D eigenvalue weighted by molar-refractivity contribution is 0.103. The molecule has 0 saturated carbocycles. The first-order valence-electron chi connectivity index (χ1n) is 20.1. The van der Waals surface area contributed by atoms with E-state index in [4.69, 9.17) is 0 Å². The molecule has 0 aromatic heterocycles. The Morgan fingerprint density at radius 1 is 0.233 bits per heavy atom. The van der Waals surface area contributed by atoms with Crippen LogP contribution >= 0.6 is 0 Å². The predicted octanol–water partition coefficient (Wildman–Crippen LogP) is 14.4. The van der Waals surface area contributed by atoms with Crippen molar-refractivity contribution in [3.63, 3.8) is 0 Å². The van der Waals surface area contributed by atoms with Gasteiger partial charge in [0.25, 0.3) is 0 Å². The summed E-state index contributed by atoms with van der Waals surface area (Å²) in [7, 11) is 0. The van der Waals surface area contributed by atoms with Crippen molar-refractivity contribution in [2.24, 2.45) is 0 Å². The lowest BCUT2D eigenvalue weighted by atomic mass is 9.87. The van der Waals surface area contributed by atoms with Crippen molar-refractivity contribution < 1.29 is 9.59 Å². The topological polar surface area (TPSA) is 34.1 Å². The van der Waals surface area contributed by atoms with Crippen LogP contribution in [0.1, 0.15) is 43.0 Å². The zero-order valence-corrected chi connectivity index (χ0v) is 33.1. The molecule has 0 heterocycles. The molecule has 0 aliphatic carbocycles. The number of hydrogen-bond donors (Lipinski definition) is 0. The first-order chi connectivity index (χ1) is 29.6. The quantitative estimate of drug-likeness (QED) is 0.0665. The van der Waals surface area contributed by atoms with Crippen molar-refractivity contribution in [2.75, 3.05) is 0 Å². The van der Waals surface area contributed by atoms with Crippen LogP contribution in [-0.4, -0.2) is 11.6 Å². The molecule has 0 N–H and O–H groups in total. The van der Waals surface area contributed by atoms with Crippen molar-refractivity contribution in [1.82, 2.24) is 0 Å². The zero-order valence-electron chi connectivity index (χ0n) is 33.1. The summed E-state index contributed by atoms with van der Waals surface area (Å²) in [5.41, 5.74) is 12.5. The number of allylic oxidation sites excluding steroid dienone is 8. The summed E-state index contributed by atoms with van der Waals surface area (Å²) in [5, 5.41) is 0. The Bertz CT molecular complexity index is 2600. The van der Waals surface area contributed by atoms with Crippen LogP contribution < -0.4 is 0 Å². The van der Waals surface area contributed by atoms with E-state index in [-0.39, 0.29) is 11.6 Å². The van der Waals surface area contributed by atoms with Crippen LogP contribution in [-0.2, 0) is 0 Å². The summed E-state index contributed by atoms with van der Waals surface area (Å²) in [6, 6.07) is 76.2. The number of ketones is 2. The highest BCUT2D eigenvalue weighted by atomic mass is 16.1. The Balaban J connectivity index is 1.27. The van der Waals surface area contributed by atoms with Gasteiger partial charge in [-0.2, -0.15) is 0 Å². The fourth-order valence-electron chi connectivity index (χ4n) is 7.30. The fraction of sp³-hybridized carbons (Fsp3) is 0. The molecule has 0 aliphatic rings. The molecule has 0 unspecified atom stereocenters. The van der Waals surface area contributed by atoms with E-state index in [1.54, 1.807) is 12.2 Å². The summed E-state index contributed by atoms with van der Waals surface area (Å²) in [4.78, 5) is 28.5. The lowest BCUT2D eigenvalue weighted by Crippen LogP contribution is -2.00. The van der Waals surface area contributed by atoms with Gasteiger partial charge >= 0.3 is 0 Å². The highest BCUT2D eigenvalue weighted by molar-refractivity contribution is 6.19. The third-order valence-corrected chi connectivity index (χ3v) is 10.4. The summed E-state index contributed by atoms with van der Waals surface area (Å²) in [5.74, 6) is -0.201. The van der Waals surface area contributed by atoms with Gasteiger partial charge in [0.05, 0.1) is 0 Å². The summed E-state index contributed by atoms with van der Waals surface area (Å²) < 4.78 is 0. The minimum atomic E-state index is -0.101. The molecule has 0 amide bonds. The van der Waals surface area contributed by atoms with Crippen molar-refractivity contribution in [1.29, 1.82) is 0 Å². The summed E-state index contributed by atoms with van der Waals surface area (Å²) in [6.45, 7) is 0. The molecule has 0 saturated heterocycles. The Labute approximate surface area is 352 Å². The maximum Gasteiger partial charge on any atom is 0.186 e. The van der Waals surface area contributed by atoms with Crippen LogP contribution in [0.15, 0.2) is 255 Å². The Morgan fingerprint density at radius 2 is 0.467 bits per heavy atom. The van der Waals surface area contributed by atoms with E-state index in [0.29, 0.717) is 11.1 Å². The first-order valence-corrected chi connectivity index (χ1v) is 20.1. The number of carbonyl (C=O) groups is 2. The van der Waals surface area contributed by atoms with Gasteiger partial charge in [0.15, 0.2) is 11.6 Å². The van der Waals surface area contributed by atoms with Crippen LogP contribution in [0.25, 0.3) is 44.5 Å². The van der Waals surface area contributed by atoms with Crippen LogP contribution in [0.4, 0.5) is 0 Å². The van der Waals surface area contributed by atoms with E-state index in [0.717, 1.165) is 66.8 Å². The number of hydrogen-bond acceptors (Lipinski definition) is 2. The van der Waals surface area contributed by atoms with Crippen LogP contribution in [0.5, 0.6) is 0 Å². The van der Waals surface area contributed by atoms with E-state index in [2.05, 4.69) is 60.7 Å². The fourth-order valence-corrected chi connectivity index (χ4v) is 7.30. The van der Waals surface area contributed by atoms with E-state index in [1.165, 1.54) is 0 Å². The average molecular weight is 771 g/mol. The minimum absolute atomic E-state index is 0.101. The van der Waals surface area contributed by atoms with Crippen molar-refractivity contribution in [2.45, 2.75) is 0 Å². The Hall–Kier alpha value is -7.94. The van der Waals surface area contributed by atoms with E-state index >= 15 is 0 Å². The molecule has 0 aliphatic heterocycles. The van der Waals surface area contributed by atoms with E-state index in [1.807, 2.05) is 182 Å². The minimum Gasteiger partial charge on any atom is -0.289 e. The molecule has 0 fully saturated rings. The third kappa shape index (κ3) is 9.43. The van der Waals surface area contributed by atoms with Crippen molar-refractivity contribution in [3.8, 4) is 22.3 Å². The highest BCUT2D eigenvalue weighted by Crippen LogP contribution is 2.36. The Morgan fingerprint density at radius 3 is 0.750 bits per heavy atom. The molecule has 2 nitrogen and oxygen atoms in total. The SMILES string of the molecule is O=C(/C=C(/C(=C/C=C(/C(=C/C(=O)c1ccc(-c2ccccc2)cc1)c1ccccc1)c1ccccc1)c1ccccc1)c1ccccc1)c1ccc(-c2ccccc2)cc1. The molecule has 60 heavy (non-hydrogen) atoms. The molecule has 8 rings (SSSR count). The molecular formula is C58H42O2. The molecule has 8 aromatic carbocycles. The standard InChI is InChI=1S/C58H42O2/c59-57(51-35-31-45(32-36-51)43-19-7-1-8-20-43)41-55(49-27-15-5-16-28-49)53(47-23-11-3-12-24-47)39-40-54(48-25-13-4-14-26-48)56(50-29-17-6-18-30-50)42-58(60)52-37-33-46(34-38-52)44-21-9-2-10-22-44/h1-42H/b53-39+,54-40+,55-41+,56-42+. The van der Waals surface area contributed by atoms with Gasteiger partial charge in [0, 0.05) is 11.1 Å². The van der Waals surface area contributed by atoms with Crippen molar-refractivity contribution in [3.05, 3.63) is 288 Å². The number of rotatable bonds is 13. The van der Waals surface area contributed by atoms with Gasteiger partial charge in [-0.1, -0.05) is 243 Å². The molecule has 0 atom stereocenters. The second-order valence-corrected chi connectivity index (χ2v) is 14.4. The molecule has 0 radical (unpaired) electrons. The summed E-state index contributed by atoms with van der Waals surface area (Å²) >= 11 is 0. The number of carbonyl (C=O) groups excluding carboxylic acids is 2. The van der Waals surface area contributed by atoms with Crippen LogP contribution in [0.2, 0.25) is 0 Å². The van der Waals surface area contributed by atoms with Gasteiger partial charge in [-0.05, 0) is 79.0 Å². The molecule has 0 bridgehead atoms. The predicted molar refractivity (Wildman–Crippen MR) is 250 cm³/mol. The highest BCUT2D eigenvalue weighted by Gasteiger charge is 2.17. The Kier molecular flexibility index (Phi) is 12.3. The molecule has 2 heteroatoms. The van der Waals surface area contributed by atoms with Crippen molar-refractivity contribution >= 4 is 33.9 Å². The molecule has 286 valence electrons.